The molecule has 1 heterocycles. The van der Waals surface area contributed by atoms with E-state index in [0.717, 1.165) is 6.42 Å². The first-order valence-corrected chi connectivity index (χ1v) is 8.45. The van der Waals surface area contributed by atoms with Crippen LogP contribution in [0, 0.1) is 5.41 Å². The summed E-state index contributed by atoms with van der Waals surface area (Å²) in [5, 5.41) is 1.46. The van der Waals surface area contributed by atoms with E-state index in [1.807, 2.05) is 11.3 Å². The van der Waals surface area contributed by atoms with Crippen molar-refractivity contribution < 1.29 is 0 Å². The highest BCUT2D eigenvalue weighted by molar-refractivity contribution is 7.19. The first-order valence-electron chi connectivity index (χ1n) is 7.64. The summed E-state index contributed by atoms with van der Waals surface area (Å²) >= 11 is 2.00. The molecule has 1 heteroatoms. The van der Waals surface area contributed by atoms with Gasteiger partial charge in [0.05, 0.1) is 0 Å². The van der Waals surface area contributed by atoms with Crippen LogP contribution >= 0.6 is 11.3 Å². The van der Waals surface area contributed by atoms with Crippen molar-refractivity contribution in [2.24, 2.45) is 5.41 Å². The third-order valence-corrected chi connectivity index (χ3v) is 5.87. The Balaban J connectivity index is 2.04. The topological polar surface area (TPSA) is 0 Å². The SMILES string of the molecule is CC(C)(C)C1c2ccccc2Cc2c1sc1ccccc21. The fourth-order valence-corrected chi connectivity index (χ4v) is 5.29. The molecule has 1 aliphatic rings. The maximum absolute atomic E-state index is 2.37. The minimum absolute atomic E-state index is 0.242. The van der Waals surface area contributed by atoms with Gasteiger partial charge in [0.1, 0.15) is 0 Å². The monoisotopic (exact) mass is 292 g/mol. The molecule has 0 spiro atoms. The van der Waals surface area contributed by atoms with Crippen LogP contribution in [0.15, 0.2) is 48.5 Å². The maximum atomic E-state index is 2.37. The van der Waals surface area contributed by atoms with Crippen molar-refractivity contribution in [1.29, 1.82) is 0 Å². The number of rotatable bonds is 0. The molecule has 4 rings (SSSR count). The molecular formula is C20H20S. The van der Waals surface area contributed by atoms with Crippen LogP contribution in [0.2, 0.25) is 0 Å². The predicted octanol–water partition coefficient (Wildman–Crippen LogP) is 5.98. The van der Waals surface area contributed by atoms with Crippen molar-refractivity contribution >= 4 is 21.4 Å². The number of hydrogen-bond acceptors (Lipinski definition) is 1. The van der Waals surface area contributed by atoms with Gasteiger partial charge in [-0.3, -0.25) is 0 Å². The van der Waals surface area contributed by atoms with Gasteiger partial charge in [0.15, 0.2) is 0 Å². The lowest BCUT2D eigenvalue weighted by molar-refractivity contribution is 0.357. The van der Waals surface area contributed by atoms with Gasteiger partial charge in [0.2, 0.25) is 0 Å². The fraction of sp³-hybridized carbons (Fsp3) is 0.300. The number of thiophene rings is 1. The zero-order valence-electron chi connectivity index (χ0n) is 12.8. The Kier molecular flexibility index (Phi) is 2.77. The van der Waals surface area contributed by atoms with Crippen molar-refractivity contribution in [2.75, 3.05) is 0 Å². The zero-order valence-corrected chi connectivity index (χ0v) is 13.6. The summed E-state index contributed by atoms with van der Waals surface area (Å²) < 4.78 is 1.43. The van der Waals surface area contributed by atoms with Crippen LogP contribution in [0.4, 0.5) is 0 Å². The van der Waals surface area contributed by atoms with E-state index in [1.165, 1.54) is 21.2 Å². The van der Waals surface area contributed by atoms with Crippen LogP contribution in [-0.4, -0.2) is 0 Å². The predicted molar refractivity (Wildman–Crippen MR) is 92.4 cm³/mol. The molecule has 1 aliphatic carbocycles. The molecule has 0 fully saturated rings. The van der Waals surface area contributed by atoms with Gasteiger partial charge in [-0.2, -0.15) is 0 Å². The van der Waals surface area contributed by atoms with Gasteiger partial charge in [0.25, 0.3) is 0 Å². The highest BCUT2D eigenvalue weighted by atomic mass is 32.1. The summed E-state index contributed by atoms with van der Waals surface area (Å²) in [5.74, 6) is 0.509. The van der Waals surface area contributed by atoms with E-state index in [1.54, 1.807) is 10.4 Å². The maximum Gasteiger partial charge on any atom is 0.0348 e. The highest BCUT2D eigenvalue weighted by Crippen LogP contribution is 2.51. The normalized spacial score (nSPS) is 17.6. The number of hydrogen-bond donors (Lipinski definition) is 0. The van der Waals surface area contributed by atoms with E-state index in [0.29, 0.717) is 5.92 Å². The van der Waals surface area contributed by atoms with E-state index < -0.39 is 0 Å². The van der Waals surface area contributed by atoms with Crippen molar-refractivity contribution in [3.63, 3.8) is 0 Å². The first kappa shape index (κ1) is 13.1. The standard InChI is InChI=1S/C20H20S/c1-20(2,3)18-14-9-5-4-8-13(14)12-16-15-10-6-7-11-17(15)21-19(16)18/h4-11,18H,12H2,1-3H3. The van der Waals surface area contributed by atoms with Gasteiger partial charge >= 0.3 is 0 Å². The number of benzene rings is 2. The van der Waals surface area contributed by atoms with E-state index in [-0.39, 0.29) is 5.41 Å². The molecule has 0 saturated heterocycles. The number of fused-ring (bicyclic) bond motifs is 4. The Labute approximate surface area is 130 Å². The molecule has 1 aromatic heterocycles. The van der Waals surface area contributed by atoms with Crippen molar-refractivity contribution in [3.8, 4) is 0 Å². The van der Waals surface area contributed by atoms with Gasteiger partial charge in [-0.1, -0.05) is 63.2 Å². The molecule has 0 bridgehead atoms. The van der Waals surface area contributed by atoms with Crippen LogP contribution in [0.1, 0.15) is 48.3 Å². The van der Waals surface area contributed by atoms with E-state index in [9.17, 15) is 0 Å². The zero-order chi connectivity index (χ0) is 14.6. The second kappa shape index (κ2) is 4.45. The van der Waals surface area contributed by atoms with Crippen LogP contribution in [-0.2, 0) is 6.42 Å². The summed E-state index contributed by atoms with van der Waals surface area (Å²) in [6.07, 6.45) is 1.09. The van der Waals surface area contributed by atoms with Gasteiger partial charge in [-0.05, 0) is 40.0 Å². The van der Waals surface area contributed by atoms with E-state index in [2.05, 4.69) is 69.3 Å². The highest BCUT2D eigenvalue weighted by Gasteiger charge is 2.36. The fourth-order valence-electron chi connectivity index (χ4n) is 3.70. The minimum Gasteiger partial charge on any atom is -0.139 e. The van der Waals surface area contributed by atoms with E-state index in [4.69, 9.17) is 0 Å². The molecule has 3 aromatic rings. The molecule has 0 amide bonds. The molecule has 0 aliphatic heterocycles. The Morgan fingerprint density at radius 1 is 0.952 bits per heavy atom. The molecule has 21 heavy (non-hydrogen) atoms. The molecule has 106 valence electrons. The molecule has 1 atom stereocenters. The van der Waals surface area contributed by atoms with Crippen molar-refractivity contribution in [3.05, 3.63) is 70.1 Å². The lowest BCUT2D eigenvalue weighted by Crippen LogP contribution is -2.24. The van der Waals surface area contributed by atoms with Gasteiger partial charge in [-0.25, -0.2) is 0 Å². The second-order valence-corrected chi connectivity index (χ2v) is 8.20. The van der Waals surface area contributed by atoms with Crippen LogP contribution in [0.3, 0.4) is 0 Å². The van der Waals surface area contributed by atoms with Crippen LogP contribution in [0.25, 0.3) is 10.1 Å². The molecule has 0 radical (unpaired) electrons. The van der Waals surface area contributed by atoms with Crippen LogP contribution < -0.4 is 0 Å². The molecule has 0 nitrogen and oxygen atoms in total. The molecule has 0 saturated carbocycles. The smallest absolute Gasteiger partial charge is 0.0348 e. The van der Waals surface area contributed by atoms with Gasteiger partial charge in [0, 0.05) is 15.5 Å². The molecule has 0 N–H and O–H groups in total. The van der Waals surface area contributed by atoms with Gasteiger partial charge < -0.3 is 0 Å². The van der Waals surface area contributed by atoms with Crippen molar-refractivity contribution in [1.82, 2.24) is 0 Å². The quantitative estimate of drug-likeness (QED) is 0.478. The summed E-state index contributed by atoms with van der Waals surface area (Å²) in [7, 11) is 0. The largest absolute Gasteiger partial charge is 0.139 e. The Bertz CT molecular complexity index is 817. The summed E-state index contributed by atoms with van der Waals surface area (Å²) in [6, 6.07) is 17.9. The molecular weight excluding hydrogens is 272 g/mol. The lowest BCUT2D eigenvalue weighted by atomic mass is 9.70. The molecule has 1 unspecified atom stereocenters. The Morgan fingerprint density at radius 2 is 1.67 bits per heavy atom. The average molecular weight is 292 g/mol. The summed E-state index contributed by atoms with van der Waals surface area (Å²) in [4.78, 5) is 1.59. The Morgan fingerprint density at radius 3 is 2.48 bits per heavy atom. The first-order chi connectivity index (χ1) is 10.1. The summed E-state index contributed by atoms with van der Waals surface area (Å²) in [6.45, 7) is 7.11. The molecule has 2 aromatic carbocycles. The third kappa shape index (κ3) is 1.95. The van der Waals surface area contributed by atoms with Gasteiger partial charge in [-0.15, -0.1) is 11.3 Å². The average Bonchev–Trinajstić information content (AvgIpc) is 2.81. The Hall–Kier alpha value is -1.60. The van der Waals surface area contributed by atoms with Crippen LogP contribution in [0.5, 0.6) is 0 Å². The second-order valence-electron chi connectivity index (χ2n) is 7.12. The summed E-state index contributed by atoms with van der Waals surface area (Å²) in [5.41, 5.74) is 4.85. The van der Waals surface area contributed by atoms with E-state index >= 15 is 0 Å². The third-order valence-electron chi connectivity index (χ3n) is 4.59. The lowest BCUT2D eigenvalue weighted by Gasteiger charge is -2.35. The van der Waals surface area contributed by atoms with Crippen molar-refractivity contribution in [2.45, 2.75) is 33.1 Å². The minimum atomic E-state index is 0.242.